The highest BCUT2D eigenvalue weighted by Crippen LogP contribution is 2.46. The summed E-state index contributed by atoms with van der Waals surface area (Å²) in [5.41, 5.74) is 2.81. The zero-order valence-electron chi connectivity index (χ0n) is 19.1. The fraction of sp³-hybridized carbons (Fsp3) is 0.179. The summed E-state index contributed by atoms with van der Waals surface area (Å²) in [6, 6.07) is 17.5. The van der Waals surface area contributed by atoms with Crippen molar-refractivity contribution in [1.29, 1.82) is 5.26 Å². The molecule has 2 aliphatic rings. The summed E-state index contributed by atoms with van der Waals surface area (Å²) < 4.78 is 0. The van der Waals surface area contributed by atoms with Crippen LogP contribution in [-0.4, -0.2) is 46.1 Å². The minimum Gasteiger partial charge on any atom is -0.492 e. The van der Waals surface area contributed by atoms with Crippen molar-refractivity contribution in [2.24, 2.45) is 0 Å². The van der Waals surface area contributed by atoms with Crippen molar-refractivity contribution in [3.05, 3.63) is 76.8 Å². The average molecular weight is 515 g/mol. The summed E-state index contributed by atoms with van der Waals surface area (Å²) in [6.45, 7) is 4.78. The fourth-order valence-corrected chi connectivity index (χ4v) is 6.20. The number of fused-ring (bicyclic) bond motifs is 3. The summed E-state index contributed by atoms with van der Waals surface area (Å²) in [7, 11) is 0. The molecule has 3 heterocycles. The Morgan fingerprint density at radius 2 is 1.92 bits per heavy atom. The first-order chi connectivity index (χ1) is 17.4. The maximum atomic E-state index is 12.2. The van der Waals surface area contributed by atoms with E-state index in [0.29, 0.717) is 39.7 Å². The highest BCUT2D eigenvalue weighted by Gasteiger charge is 2.49. The van der Waals surface area contributed by atoms with Crippen molar-refractivity contribution in [3.63, 3.8) is 0 Å². The third-order valence-electron chi connectivity index (χ3n) is 7.32. The van der Waals surface area contributed by atoms with Crippen LogP contribution in [0.15, 0.2) is 61.2 Å². The SMILES string of the molecule is C=CC(=O)N1CCC2C1CN2c1c(C#N)c(O)nc2cc(-c3cccc4cccc(Cl)c34)c(Cl)cc12. The number of benzene rings is 3. The van der Waals surface area contributed by atoms with Crippen molar-refractivity contribution in [1.82, 2.24) is 9.88 Å². The molecule has 1 N–H and O–H groups in total. The summed E-state index contributed by atoms with van der Waals surface area (Å²) >= 11 is 13.4. The van der Waals surface area contributed by atoms with Gasteiger partial charge in [-0.15, -0.1) is 0 Å². The quantitative estimate of drug-likeness (QED) is 0.343. The summed E-state index contributed by atoms with van der Waals surface area (Å²) in [5, 5.41) is 24.3. The number of carbonyl (C=O) groups excluding carboxylic acids is 1. The van der Waals surface area contributed by atoms with Gasteiger partial charge in [-0.3, -0.25) is 4.79 Å². The normalized spacial score (nSPS) is 18.7. The molecule has 178 valence electrons. The maximum absolute atomic E-state index is 12.2. The molecule has 0 spiro atoms. The second kappa shape index (κ2) is 8.41. The van der Waals surface area contributed by atoms with Gasteiger partial charge in [0.15, 0.2) is 0 Å². The molecule has 2 saturated heterocycles. The molecule has 0 aliphatic carbocycles. The van der Waals surface area contributed by atoms with Crippen molar-refractivity contribution in [3.8, 4) is 23.1 Å². The number of amides is 1. The van der Waals surface area contributed by atoms with E-state index in [-0.39, 0.29) is 29.4 Å². The molecule has 2 unspecified atom stereocenters. The van der Waals surface area contributed by atoms with Gasteiger partial charge in [0, 0.05) is 39.5 Å². The van der Waals surface area contributed by atoms with E-state index in [1.807, 2.05) is 47.4 Å². The standard InChI is InChI=1S/C28H20Cl2N4O2/c1-2-25(35)33-10-9-23-24(33)14-34(23)27-18-11-21(30)17(12-22(18)32-28(36)19(27)13-31)16-7-3-5-15-6-4-8-20(29)26(15)16/h2-8,11-12,23-24H,1,9-10,14H2,(H,32,36). The maximum Gasteiger partial charge on any atom is 0.246 e. The summed E-state index contributed by atoms with van der Waals surface area (Å²) in [6.07, 6.45) is 2.10. The lowest BCUT2D eigenvalue weighted by molar-refractivity contribution is -0.127. The van der Waals surface area contributed by atoms with Crippen molar-refractivity contribution < 1.29 is 9.90 Å². The topological polar surface area (TPSA) is 80.5 Å². The van der Waals surface area contributed by atoms with Gasteiger partial charge in [-0.1, -0.05) is 60.1 Å². The number of aromatic hydroxyl groups is 1. The lowest BCUT2D eigenvalue weighted by Gasteiger charge is -2.48. The first-order valence-electron chi connectivity index (χ1n) is 11.6. The molecule has 0 bridgehead atoms. The molecule has 1 amide bonds. The second-order valence-corrected chi connectivity index (χ2v) is 9.89. The predicted octanol–water partition coefficient (Wildman–Crippen LogP) is 5.91. The Morgan fingerprint density at radius 1 is 1.14 bits per heavy atom. The number of nitrogens with zero attached hydrogens (tertiary/aromatic N) is 4. The van der Waals surface area contributed by atoms with Gasteiger partial charge >= 0.3 is 0 Å². The Morgan fingerprint density at radius 3 is 2.67 bits per heavy atom. The van der Waals surface area contributed by atoms with Crippen molar-refractivity contribution >= 4 is 56.5 Å². The lowest BCUT2D eigenvalue weighted by Crippen LogP contribution is -2.63. The number of nitriles is 1. The Bertz CT molecular complexity index is 1640. The zero-order chi connectivity index (χ0) is 25.1. The second-order valence-electron chi connectivity index (χ2n) is 9.08. The molecule has 8 heteroatoms. The Balaban J connectivity index is 1.52. The molecule has 6 nitrogen and oxygen atoms in total. The monoisotopic (exact) mass is 514 g/mol. The van der Waals surface area contributed by atoms with Crippen LogP contribution in [0.4, 0.5) is 5.69 Å². The average Bonchev–Trinajstić information content (AvgIpc) is 3.19. The van der Waals surface area contributed by atoms with Crippen molar-refractivity contribution in [2.45, 2.75) is 18.5 Å². The van der Waals surface area contributed by atoms with E-state index >= 15 is 0 Å². The highest BCUT2D eigenvalue weighted by atomic mass is 35.5. The molecular formula is C28H20Cl2N4O2. The number of anilines is 1. The van der Waals surface area contributed by atoms with Crippen LogP contribution in [-0.2, 0) is 4.79 Å². The molecule has 2 aliphatic heterocycles. The molecule has 0 saturated carbocycles. The van der Waals surface area contributed by atoms with Crippen LogP contribution in [0.2, 0.25) is 10.0 Å². The van der Waals surface area contributed by atoms with Gasteiger partial charge in [0.2, 0.25) is 11.8 Å². The number of hydrogen-bond donors (Lipinski definition) is 1. The van der Waals surface area contributed by atoms with Gasteiger partial charge in [0.1, 0.15) is 11.6 Å². The molecular weight excluding hydrogens is 495 g/mol. The van der Waals surface area contributed by atoms with Crippen LogP contribution in [0.5, 0.6) is 5.88 Å². The smallest absolute Gasteiger partial charge is 0.246 e. The fourth-order valence-electron chi connectivity index (χ4n) is 5.65. The summed E-state index contributed by atoms with van der Waals surface area (Å²) in [5.74, 6) is -0.420. The highest BCUT2D eigenvalue weighted by molar-refractivity contribution is 6.38. The van der Waals surface area contributed by atoms with Crippen LogP contribution in [0.1, 0.15) is 12.0 Å². The number of likely N-dealkylation sites (tertiary alicyclic amines) is 1. The van der Waals surface area contributed by atoms with E-state index in [0.717, 1.165) is 28.3 Å². The van der Waals surface area contributed by atoms with E-state index in [9.17, 15) is 15.2 Å². The molecule has 4 aromatic rings. The van der Waals surface area contributed by atoms with Crippen LogP contribution < -0.4 is 4.90 Å². The predicted molar refractivity (Wildman–Crippen MR) is 143 cm³/mol. The van der Waals surface area contributed by atoms with Gasteiger partial charge in [-0.05, 0) is 41.6 Å². The van der Waals surface area contributed by atoms with Crippen LogP contribution in [0, 0.1) is 11.3 Å². The lowest BCUT2D eigenvalue weighted by atomic mass is 9.92. The number of carbonyl (C=O) groups is 1. The van der Waals surface area contributed by atoms with E-state index in [1.54, 1.807) is 6.07 Å². The number of pyridine rings is 1. The Labute approximate surface area is 217 Å². The summed E-state index contributed by atoms with van der Waals surface area (Å²) in [4.78, 5) is 20.5. The minimum absolute atomic E-state index is 0.0416. The van der Waals surface area contributed by atoms with Crippen LogP contribution >= 0.6 is 23.2 Å². The van der Waals surface area contributed by atoms with Crippen LogP contribution in [0.3, 0.4) is 0 Å². The van der Waals surface area contributed by atoms with Gasteiger partial charge < -0.3 is 14.9 Å². The Hall–Kier alpha value is -3.79. The molecule has 0 radical (unpaired) electrons. The zero-order valence-corrected chi connectivity index (χ0v) is 20.6. The van der Waals surface area contributed by atoms with E-state index in [1.165, 1.54) is 6.08 Å². The van der Waals surface area contributed by atoms with Crippen LogP contribution in [0.25, 0.3) is 32.8 Å². The molecule has 36 heavy (non-hydrogen) atoms. The molecule has 2 fully saturated rings. The van der Waals surface area contributed by atoms with Gasteiger partial charge in [0.25, 0.3) is 0 Å². The van der Waals surface area contributed by atoms with Gasteiger partial charge in [-0.25, -0.2) is 4.98 Å². The van der Waals surface area contributed by atoms with Crippen molar-refractivity contribution in [2.75, 3.05) is 18.0 Å². The van der Waals surface area contributed by atoms with E-state index in [2.05, 4.69) is 22.5 Å². The molecule has 3 aromatic carbocycles. The first-order valence-corrected chi connectivity index (χ1v) is 12.3. The third kappa shape index (κ3) is 3.24. The van der Waals surface area contributed by atoms with Gasteiger partial charge in [-0.2, -0.15) is 5.26 Å². The number of hydrogen-bond acceptors (Lipinski definition) is 5. The van der Waals surface area contributed by atoms with E-state index < -0.39 is 0 Å². The molecule has 6 rings (SSSR count). The minimum atomic E-state index is -0.329. The Kier molecular flexibility index (Phi) is 5.29. The number of halogens is 2. The van der Waals surface area contributed by atoms with E-state index in [4.69, 9.17) is 23.2 Å². The number of aromatic nitrogens is 1. The molecule has 1 aromatic heterocycles. The first kappa shape index (κ1) is 22.7. The van der Waals surface area contributed by atoms with Gasteiger partial charge in [0.05, 0.1) is 23.3 Å². The third-order valence-corrected chi connectivity index (χ3v) is 7.95. The largest absolute Gasteiger partial charge is 0.492 e. The number of rotatable bonds is 3. The molecule has 2 atom stereocenters.